The molecule has 0 aliphatic carbocycles. The molecule has 1 aliphatic rings. The van der Waals surface area contributed by atoms with Gasteiger partial charge in [-0.3, -0.25) is 28.8 Å². The normalized spacial score (nSPS) is 22.0. The van der Waals surface area contributed by atoms with Gasteiger partial charge in [0.1, 0.15) is 36.4 Å². The van der Waals surface area contributed by atoms with E-state index in [0.717, 1.165) is 37.3 Å². The van der Waals surface area contributed by atoms with Gasteiger partial charge in [-0.2, -0.15) is 0 Å². The molecular formula is C25H35ClN4O12. The van der Waals surface area contributed by atoms with Crippen LogP contribution in [0.1, 0.15) is 60.4 Å². The molecule has 0 spiro atoms. The van der Waals surface area contributed by atoms with Gasteiger partial charge in [0.05, 0.1) is 12.7 Å². The molecule has 1 aliphatic heterocycles. The van der Waals surface area contributed by atoms with E-state index >= 15 is 0 Å². The van der Waals surface area contributed by atoms with Crippen LogP contribution in [0.2, 0.25) is 0 Å². The molecule has 42 heavy (non-hydrogen) atoms. The molecule has 1 saturated heterocycles. The zero-order valence-corrected chi connectivity index (χ0v) is 25.1. The summed E-state index contributed by atoms with van der Waals surface area (Å²) in [6, 6.07) is 0. The molecule has 2 rings (SSSR count). The molecule has 1 aromatic rings. The summed E-state index contributed by atoms with van der Waals surface area (Å²) in [5.74, 6) is -4.69. The molecule has 234 valence electrons. The second-order valence-corrected chi connectivity index (χ2v) is 10.5. The van der Waals surface area contributed by atoms with Crippen LogP contribution in [0.15, 0.2) is 6.20 Å². The van der Waals surface area contributed by atoms with Gasteiger partial charge in [-0.05, 0) is 20.8 Å². The molecule has 0 N–H and O–H groups in total. The summed E-state index contributed by atoms with van der Waals surface area (Å²) in [5.41, 5.74) is -0.615. The Bertz CT molecular complexity index is 1170. The Morgan fingerprint density at radius 1 is 0.929 bits per heavy atom. The number of hydrogen-bond acceptors (Lipinski definition) is 14. The fraction of sp³-hybridized carbons (Fsp3) is 0.680. The van der Waals surface area contributed by atoms with Crippen LogP contribution in [-0.4, -0.2) is 105 Å². The van der Waals surface area contributed by atoms with Gasteiger partial charge >= 0.3 is 29.8 Å². The molecule has 0 saturated carbocycles. The van der Waals surface area contributed by atoms with Crippen molar-refractivity contribution in [2.45, 2.75) is 91.3 Å². The standard InChI is InChI=1S/C25H35ClN4O12/c1-13(31)37-12-18-21(38-14(2)32)22(39-15(3)33)23(40-16(4)34)24(41-18)30-10-17(27-28-30)9-29(19(35)8-26)11-20(36)42-25(5,6)7/h10,18,21-24H,8-9,11-12H2,1-7H3/t18-,21+,22+,23-,24-/m1/s1. The van der Waals surface area contributed by atoms with E-state index in [-0.39, 0.29) is 12.2 Å². The van der Waals surface area contributed by atoms with E-state index in [1.54, 1.807) is 20.8 Å². The van der Waals surface area contributed by atoms with Crippen molar-refractivity contribution < 1.29 is 57.2 Å². The summed E-state index contributed by atoms with van der Waals surface area (Å²) in [6.45, 7) is 8.44. The lowest BCUT2D eigenvalue weighted by molar-refractivity contribution is -0.270. The maximum Gasteiger partial charge on any atom is 0.326 e. The highest BCUT2D eigenvalue weighted by molar-refractivity contribution is 6.27. The Hall–Kier alpha value is -3.79. The molecule has 0 aromatic carbocycles. The van der Waals surface area contributed by atoms with Crippen molar-refractivity contribution in [3.05, 3.63) is 11.9 Å². The number of carbonyl (C=O) groups is 6. The van der Waals surface area contributed by atoms with Crippen LogP contribution in [0.4, 0.5) is 0 Å². The first kappa shape index (κ1) is 34.4. The van der Waals surface area contributed by atoms with Crippen molar-refractivity contribution in [2.24, 2.45) is 0 Å². The number of nitrogens with zero attached hydrogens (tertiary/aromatic N) is 4. The van der Waals surface area contributed by atoms with Crippen molar-refractivity contribution in [1.82, 2.24) is 19.9 Å². The lowest BCUT2D eigenvalue weighted by Crippen LogP contribution is -2.60. The molecule has 0 bridgehead atoms. The lowest BCUT2D eigenvalue weighted by atomic mass is 9.97. The van der Waals surface area contributed by atoms with Crippen molar-refractivity contribution in [1.29, 1.82) is 0 Å². The van der Waals surface area contributed by atoms with Crippen LogP contribution in [0.3, 0.4) is 0 Å². The largest absolute Gasteiger partial charge is 0.463 e. The van der Waals surface area contributed by atoms with Gasteiger partial charge in [-0.1, -0.05) is 5.21 Å². The number of rotatable bonds is 11. The van der Waals surface area contributed by atoms with E-state index in [1.165, 1.54) is 6.20 Å². The van der Waals surface area contributed by atoms with Crippen LogP contribution in [0.25, 0.3) is 0 Å². The molecule has 5 atom stereocenters. The number of esters is 5. The first-order valence-corrected chi connectivity index (χ1v) is 13.3. The molecule has 17 heteroatoms. The summed E-state index contributed by atoms with van der Waals surface area (Å²) in [5, 5.41) is 8.03. The highest BCUT2D eigenvalue weighted by Gasteiger charge is 2.53. The maximum absolute atomic E-state index is 12.5. The lowest BCUT2D eigenvalue weighted by Gasteiger charge is -2.44. The first-order chi connectivity index (χ1) is 19.5. The molecule has 1 amide bonds. The molecule has 2 heterocycles. The fourth-order valence-electron chi connectivity index (χ4n) is 3.97. The number of alkyl halides is 1. The topological polar surface area (TPSA) is 192 Å². The predicted octanol–water partition coefficient (Wildman–Crippen LogP) is 0.443. The molecule has 1 fully saturated rings. The van der Waals surface area contributed by atoms with Crippen LogP contribution >= 0.6 is 11.6 Å². The van der Waals surface area contributed by atoms with E-state index in [0.29, 0.717) is 0 Å². The van der Waals surface area contributed by atoms with E-state index in [9.17, 15) is 28.8 Å². The van der Waals surface area contributed by atoms with Crippen molar-refractivity contribution in [3.63, 3.8) is 0 Å². The highest BCUT2D eigenvalue weighted by Crippen LogP contribution is 2.34. The number of halogens is 1. The van der Waals surface area contributed by atoms with Crippen molar-refractivity contribution in [3.8, 4) is 0 Å². The van der Waals surface area contributed by atoms with Gasteiger partial charge in [0.2, 0.25) is 5.91 Å². The Kier molecular flexibility index (Phi) is 12.2. The van der Waals surface area contributed by atoms with Crippen molar-refractivity contribution in [2.75, 3.05) is 19.0 Å². The van der Waals surface area contributed by atoms with Gasteiger partial charge in [-0.15, -0.1) is 16.7 Å². The minimum Gasteiger partial charge on any atom is -0.463 e. The number of carbonyl (C=O) groups excluding carboxylic acids is 6. The third kappa shape index (κ3) is 10.6. The summed E-state index contributed by atoms with van der Waals surface area (Å²) < 4.78 is 33.7. The third-order valence-corrected chi connectivity index (χ3v) is 5.57. The monoisotopic (exact) mass is 618 g/mol. The number of amides is 1. The Morgan fingerprint density at radius 2 is 1.50 bits per heavy atom. The van der Waals surface area contributed by atoms with Crippen LogP contribution in [-0.2, 0) is 63.7 Å². The van der Waals surface area contributed by atoms with Crippen LogP contribution < -0.4 is 0 Å². The third-order valence-electron chi connectivity index (χ3n) is 5.34. The maximum atomic E-state index is 12.5. The Labute approximate surface area is 246 Å². The minimum absolute atomic E-state index is 0.171. The molecule has 16 nitrogen and oxygen atoms in total. The smallest absolute Gasteiger partial charge is 0.326 e. The van der Waals surface area contributed by atoms with Gasteiger partial charge < -0.3 is 33.3 Å². The number of aromatic nitrogens is 3. The Balaban J connectivity index is 2.46. The van der Waals surface area contributed by atoms with Gasteiger partial charge in [0, 0.05) is 27.7 Å². The van der Waals surface area contributed by atoms with E-state index in [2.05, 4.69) is 10.3 Å². The summed E-state index contributed by atoms with van der Waals surface area (Å²) in [4.78, 5) is 73.5. The molecule has 0 radical (unpaired) electrons. The quantitative estimate of drug-likeness (QED) is 0.188. The summed E-state index contributed by atoms with van der Waals surface area (Å²) in [6.07, 6.45) is -5.38. The Morgan fingerprint density at radius 3 is 2.02 bits per heavy atom. The van der Waals surface area contributed by atoms with Gasteiger partial charge in [0.25, 0.3) is 0 Å². The van der Waals surface area contributed by atoms with Crippen LogP contribution in [0, 0.1) is 0 Å². The average Bonchev–Trinajstić information content (AvgIpc) is 3.30. The van der Waals surface area contributed by atoms with Gasteiger partial charge in [-0.25, -0.2) is 4.68 Å². The summed E-state index contributed by atoms with van der Waals surface area (Å²) in [7, 11) is 0. The van der Waals surface area contributed by atoms with E-state index in [4.69, 9.17) is 40.0 Å². The van der Waals surface area contributed by atoms with Crippen molar-refractivity contribution >= 4 is 47.4 Å². The summed E-state index contributed by atoms with van der Waals surface area (Å²) >= 11 is 5.73. The second kappa shape index (κ2) is 14.9. The fourth-order valence-corrected chi connectivity index (χ4v) is 4.14. The molecule has 1 aromatic heterocycles. The van der Waals surface area contributed by atoms with E-state index < -0.39 is 91.0 Å². The zero-order chi connectivity index (χ0) is 31.8. The van der Waals surface area contributed by atoms with Gasteiger partial charge in [0.15, 0.2) is 24.5 Å². The zero-order valence-electron chi connectivity index (χ0n) is 24.4. The average molecular weight is 619 g/mol. The molecular weight excluding hydrogens is 584 g/mol. The van der Waals surface area contributed by atoms with E-state index in [1.807, 2.05) is 0 Å². The minimum atomic E-state index is -1.42. The number of hydrogen-bond donors (Lipinski definition) is 0. The first-order valence-electron chi connectivity index (χ1n) is 12.8. The second-order valence-electron chi connectivity index (χ2n) is 10.2. The number of ether oxygens (including phenoxy) is 6. The van der Waals surface area contributed by atoms with Crippen LogP contribution in [0.5, 0.6) is 0 Å². The highest BCUT2D eigenvalue weighted by atomic mass is 35.5. The predicted molar refractivity (Wildman–Crippen MR) is 139 cm³/mol. The SMILES string of the molecule is CC(=O)OC[C@H]1O[C@@H](n2cc(CN(CC(=O)OC(C)(C)C)C(=O)CCl)nn2)[C@H](OC(C)=O)[C@@H](OC(C)=O)[C@H]1OC(C)=O. The molecule has 0 unspecified atom stereocenters.